The highest BCUT2D eigenvalue weighted by molar-refractivity contribution is 7.48. The number of rotatable bonds is 12. The van der Waals surface area contributed by atoms with Crippen LogP contribution in [0.25, 0.3) is 0 Å². The lowest BCUT2D eigenvalue weighted by atomic mass is 9.89. The third-order valence-electron chi connectivity index (χ3n) is 6.47. The van der Waals surface area contributed by atoms with Gasteiger partial charge in [0.1, 0.15) is 5.75 Å². The van der Waals surface area contributed by atoms with Crippen LogP contribution in [0.4, 0.5) is 0 Å². The molecule has 0 N–H and O–H groups in total. The molecule has 2 rings (SSSR count). The molecule has 4 heteroatoms. The quantitative estimate of drug-likeness (QED) is 0.278. The van der Waals surface area contributed by atoms with Crippen LogP contribution < -0.4 is 10.0 Å². The van der Waals surface area contributed by atoms with Crippen molar-refractivity contribution >= 4 is 13.9 Å². The fraction of sp³-hybridized carbons (Fsp3) is 0.556. The number of ether oxygens (including phenoxy) is 2. The van der Waals surface area contributed by atoms with E-state index in [0.29, 0.717) is 8.58 Å². The Morgan fingerprint density at radius 3 is 2.19 bits per heavy atom. The molecular formula is C27H42NO2P. The van der Waals surface area contributed by atoms with Gasteiger partial charge in [0.25, 0.3) is 0 Å². The van der Waals surface area contributed by atoms with Crippen molar-refractivity contribution in [2.75, 3.05) is 27.0 Å². The molecular weight excluding hydrogens is 401 g/mol. The molecule has 0 spiro atoms. The van der Waals surface area contributed by atoms with Crippen LogP contribution >= 0.6 is 8.58 Å². The van der Waals surface area contributed by atoms with Crippen molar-refractivity contribution in [3.8, 4) is 5.75 Å². The molecule has 3 nitrogen and oxygen atoms in total. The average Bonchev–Trinajstić information content (AvgIpc) is 2.76. The summed E-state index contributed by atoms with van der Waals surface area (Å²) >= 11 is 0. The highest BCUT2D eigenvalue weighted by Crippen LogP contribution is 2.51. The van der Waals surface area contributed by atoms with Crippen LogP contribution in [0.2, 0.25) is 0 Å². The smallest absolute Gasteiger partial charge is 0.188 e. The van der Waals surface area contributed by atoms with E-state index in [4.69, 9.17) is 9.47 Å². The largest absolute Gasteiger partial charge is 0.467 e. The Balaban J connectivity index is 2.60. The number of benzene rings is 2. The van der Waals surface area contributed by atoms with Crippen molar-refractivity contribution in [2.24, 2.45) is 0 Å². The van der Waals surface area contributed by atoms with Crippen molar-refractivity contribution in [3.05, 3.63) is 58.1 Å². The van der Waals surface area contributed by atoms with Gasteiger partial charge in [0.15, 0.2) is 6.79 Å². The molecule has 2 aromatic carbocycles. The molecule has 0 aliphatic rings. The van der Waals surface area contributed by atoms with E-state index in [1.54, 1.807) is 7.11 Å². The normalized spacial score (nSPS) is 12.3. The van der Waals surface area contributed by atoms with Gasteiger partial charge in [0, 0.05) is 24.4 Å². The third kappa shape index (κ3) is 6.09. The Morgan fingerprint density at radius 2 is 1.61 bits per heavy atom. The van der Waals surface area contributed by atoms with Crippen LogP contribution in [0.5, 0.6) is 5.75 Å². The maximum Gasteiger partial charge on any atom is 0.188 e. The predicted molar refractivity (Wildman–Crippen MR) is 136 cm³/mol. The fourth-order valence-corrected chi connectivity index (χ4v) is 6.22. The van der Waals surface area contributed by atoms with Gasteiger partial charge in [-0.1, -0.05) is 72.2 Å². The molecule has 1 atom stereocenters. The maximum absolute atomic E-state index is 6.15. The molecule has 2 aromatic rings. The van der Waals surface area contributed by atoms with Crippen LogP contribution in [0.3, 0.4) is 0 Å². The topological polar surface area (TPSA) is 21.7 Å². The lowest BCUT2D eigenvalue weighted by molar-refractivity contribution is 0.0494. The van der Waals surface area contributed by atoms with Gasteiger partial charge in [-0.15, -0.1) is 0 Å². The molecule has 31 heavy (non-hydrogen) atoms. The van der Waals surface area contributed by atoms with E-state index in [-0.39, 0.29) is 11.9 Å². The lowest BCUT2D eigenvalue weighted by Crippen LogP contribution is -2.29. The van der Waals surface area contributed by atoms with Gasteiger partial charge in [-0.05, 0) is 68.7 Å². The maximum atomic E-state index is 6.15. The van der Waals surface area contributed by atoms with Crippen molar-refractivity contribution in [3.63, 3.8) is 0 Å². The molecule has 0 heterocycles. The summed E-state index contributed by atoms with van der Waals surface area (Å²) in [5.41, 5.74) is 6.69. The molecule has 0 saturated carbocycles. The number of nitrogens with zero attached hydrogens (tertiary/aromatic N) is 1. The molecule has 0 bridgehead atoms. The van der Waals surface area contributed by atoms with E-state index in [9.17, 15) is 0 Å². The first-order chi connectivity index (χ1) is 14.8. The van der Waals surface area contributed by atoms with Gasteiger partial charge >= 0.3 is 0 Å². The molecule has 0 aromatic heterocycles. The number of hydrogen-bond donors (Lipinski definition) is 0. The second-order valence-electron chi connectivity index (χ2n) is 8.49. The molecule has 0 aliphatic carbocycles. The SMILES string of the molecule is CCN(CC)Cc1cccc(C)c1PC(CC)(CC)c1cc(C)cc(C)c1OCOC. The summed E-state index contributed by atoms with van der Waals surface area (Å²) in [6.07, 6.45) is 2.15. The van der Waals surface area contributed by atoms with Crippen molar-refractivity contribution in [2.45, 2.75) is 73.0 Å². The second-order valence-corrected chi connectivity index (χ2v) is 10.2. The predicted octanol–water partition coefficient (Wildman–Crippen LogP) is 6.46. The number of aryl methyl sites for hydroxylation is 3. The van der Waals surface area contributed by atoms with Gasteiger partial charge in [0.2, 0.25) is 0 Å². The summed E-state index contributed by atoms with van der Waals surface area (Å²) in [6.45, 7) is 19.2. The van der Waals surface area contributed by atoms with Crippen molar-refractivity contribution in [1.29, 1.82) is 0 Å². The van der Waals surface area contributed by atoms with Crippen molar-refractivity contribution < 1.29 is 9.47 Å². The summed E-state index contributed by atoms with van der Waals surface area (Å²) in [5, 5.41) is 1.57. The van der Waals surface area contributed by atoms with E-state index in [1.165, 1.54) is 33.1 Å². The Morgan fingerprint density at radius 1 is 0.935 bits per heavy atom. The van der Waals surface area contributed by atoms with E-state index < -0.39 is 0 Å². The standard InChI is InChI=1S/C27H42NO2P/c1-9-27(10-2,24-17-20(5)16-22(7)25(24)30-19-29-8)31-26-21(6)14-13-15-23(26)18-28(11-3)12-4/h13-17,31H,9-12,18-19H2,1-8H3. The zero-order chi connectivity index (χ0) is 23.0. The van der Waals surface area contributed by atoms with E-state index in [1.807, 2.05) is 0 Å². The second kappa shape index (κ2) is 12.0. The minimum atomic E-state index is 0.0456. The van der Waals surface area contributed by atoms with Crippen LogP contribution in [-0.4, -0.2) is 31.9 Å². The van der Waals surface area contributed by atoms with Gasteiger partial charge < -0.3 is 9.47 Å². The lowest BCUT2D eigenvalue weighted by Gasteiger charge is -2.36. The Labute approximate surface area is 192 Å². The Kier molecular flexibility index (Phi) is 10.0. The molecule has 0 amide bonds. The summed E-state index contributed by atoms with van der Waals surface area (Å²) in [4.78, 5) is 2.51. The van der Waals surface area contributed by atoms with Crippen LogP contribution in [0, 0.1) is 20.8 Å². The first-order valence-electron chi connectivity index (χ1n) is 11.7. The molecule has 172 valence electrons. The van der Waals surface area contributed by atoms with Crippen LogP contribution in [0.1, 0.15) is 68.4 Å². The van der Waals surface area contributed by atoms with Crippen LogP contribution in [0.15, 0.2) is 30.3 Å². The van der Waals surface area contributed by atoms with E-state index >= 15 is 0 Å². The van der Waals surface area contributed by atoms with Gasteiger partial charge in [-0.3, -0.25) is 4.90 Å². The molecule has 0 fully saturated rings. The molecule has 1 unspecified atom stereocenters. The summed E-state index contributed by atoms with van der Waals surface area (Å²) < 4.78 is 11.4. The molecule has 0 radical (unpaired) electrons. The highest BCUT2D eigenvalue weighted by Gasteiger charge is 2.34. The Bertz CT molecular complexity index is 841. The fourth-order valence-electron chi connectivity index (χ4n) is 4.46. The van der Waals surface area contributed by atoms with Crippen molar-refractivity contribution in [1.82, 2.24) is 4.90 Å². The monoisotopic (exact) mass is 443 g/mol. The minimum absolute atomic E-state index is 0.0456. The number of hydrogen-bond acceptors (Lipinski definition) is 3. The number of methoxy groups -OCH3 is 1. The zero-order valence-electron chi connectivity index (χ0n) is 20.9. The summed E-state index contributed by atoms with van der Waals surface area (Å²) in [6, 6.07) is 11.4. The molecule has 0 aliphatic heterocycles. The molecule has 0 saturated heterocycles. The van der Waals surface area contributed by atoms with Crippen LogP contribution in [-0.2, 0) is 16.4 Å². The van der Waals surface area contributed by atoms with Gasteiger partial charge in [-0.25, -0.2) is 0 Å². The van der Waals surface area contributed by atoms with E-state index in [2.05, 4.69) is 83.7 Å². The highest BCUT2D eigenvalue weighted by atomic mass is 31.1. The summed E-state index contributed by atoms with van der Waals surface area (Å²) in [7, 11) is 2.38. The first-order valence-corrected chi connectivity index (χ1v) is 12.7. The van der Waals surface area contributed by atoms with Gasteiger partial charge in [0.05, 0.1) is 0 Å². The first kappa shape index (κ1) is 25.8. The van der Waals surface area contributed by atoms with E-state index in [0.717, 1.165) is 38.2 Å². The minimum Gasteiger partial charge on any atom is -0.467 e. The zero-order valence-corrected chi connectivity index (χ0v) is 21.9. The third-order valence-corrected chi connectivity index (χ3v) is 8.89. The van der Waals surface area contributed by atoms with Gasteiger partial charge in [-0.2, -0.15) is 0 Å². The average molecular weight is 444 g/mol. The Hall–Kier alpha value is -1.41. The summed E-state index contributed by atoms with van der Waals surface area (Å²) in [5.74, 6) is 1.00.